The minimum Gasteiger partial charge on any atom is -0.497 e. The number of ether oxygens (including phenoxy) is 1. The normalized spacial score (nSPS) is 14.4. The quantitative estimate of drug-likeness (QED) is 0.319. The van der Waals surface area contributed by atoms with Crippen LogP contribution in [0.2, 0.25) is 0 Å². The summed E-state index contributed by atoms with van der Waals surface area (Å²) in [5.41, 5.74) is 4.39. The highest BCUT2D eigenvalue weighted by Crippen LogP contribution is 2.29. The SMILES string of the molecule is COc1ccc(NC(=O)N[C@H]2N=C(c3ccccc3)c3ccccc3N(CC(=O)c3ccccc3C)C2=O)cc1. The summed E-state index contributed by atoms with van der Waals surface area (Å²) in [7, 11) is 1.56. The minimum absolute atomic E-state index is 0.212. The van der Waals surface area contributed by atoms with E-state index in [0.29, 0.717) is 34.0 Å². The summed E-state index contributed by atoms with van der Waals surface area (Å²) in [6.07, 6.45) is -1.29. The van der Waals surface area contributed by atoms with Crippen LogP contribution in [0.3, 0.4) is 0 Å². The molecule has 1 aliphatic heterocycles. The number of methoxy groups -OCH3 is 1. The van der Waals surface area contributed by atoms with Gasteiger partial charge in [0.05, 0.1) is 25.1 Å². The summed E-state index contributed by atoms with van der Waals surface area (Å²) in [5.74, 6) is -0.0928. The van der Waals surface area contributed by atoms with E-state index >= 15 is 0 Å². The van der Waals surface area contributed by atoms with Crippen molar-refractivity contribution >= 4 is 34.8 Å². The van der Waals surface area contributed by atoms with E-state index in [0.717, 1.165) is 11.1 Å². The fourth-order valence-corrected chi connectivity index (χ4v) is 4.59. The molecule has 200 valence electrons. The highest BCUT2D eigenvalue weighted by Gasteiger charge is 2.34. The average Bonchev–Trinajstić information content (AvgIpc) is 3.09. The number of anilines is 2. The van der Waals surface area contributed by atoms with Crippen molar-refractivity contribution in [1.29, 1.82) is 0 Å². The van der Waals surface area contributed by atoms with E-state index in [9.17, 15) is 14.4 Å². The van der Waals surface area contributed by atoms with E-state index in [4.69, 9.17) is 9.73 Å². The second kappa shape index (κ2) is 11.7. The van der Waals surface area contributed by atoms with E-state index in [1.165, 1.54) is 4.90 Å². The van der Waals surface area contributed by atoms with Crippen LogP contribution in [0, 0.1) is 6.92 Å². The van der Waals surface area contributed by atoms with E-state index in [2.05, 4.69) is 10.6 Å². The fourth-order valence-electron chi connectivity index (χ4n) is 4.59. The molecule has 0 saturated heterocycles. The third kappa shape index (κ3) is 5.61. The molecular weight excluding hydrogens is 504 g/mol. The molecule has 2 N–H and O–H groups in total. The lowest BCUT2D eigenvalue weighted by molar-refractivity contribution is -0.120. The summed E-state index contributed by atoms with van der Waals surface area (Å²) < 4.78 is 5.17. The lowest BCUT2D eigenvalue weighted by Crippen LogP contribution is -2.50. The molecule has 8 nitrogen and oxygen atoms in total. The van der Waals surface area contributed by atoms with Crippen LogP contribution in [0.5, 0.6) is 5.75 Å². The molecule has 0 unspecified atom stereocenters. The zero-order valence-electron chi connectivity index (χ0n) is 22.1. The van der Waals surface area contributed by atoms with Crippen LogP contribution in [-0.4, -0.2) is 43.3 Å². The van der Waals surface area contributed by atoms with Crippen molar-refractivity contribution in [2.45, 2.75) is 13.1 Å². The summed E-state index contributed by atoms with van der Waals surface area (Å²) in [6.45, 7) is 1.65. The van der Waals surface area contributed by atoms with Crippen LogP contribution in [-0.2, 0) is 4.79 Å². The Morgan fingerprint density at radius 3 is 2.27 bits per heavy atom. The summed E-state index contributed by atoms with van der Waals surface area (Å²) in [4.78, 5) is 46.6. The number of para-hydroxylation sites is 1. The van der Waals surface area contributed by atoms with Crippen molar-refractivity contribution in [3.8, 4) is 5.75 Å². The molecular formula is C32H28N4O4. The first kappa shape index (κ1) is 26.4. The Hall–Kier alpha value is -5.24. The maximum Gasteiger partial charge on any atom is 0.321 e. The van der Waals surface area contributed by atoms with Gasteiger partial charge in [0.25, 0.3) is 5.91 Å². The van der Waals surface area contributed by atoms with Crippen molar-refractivity contribution in [2.24, 2.45) is 4.99 Å². The molecule has 1 aliphatic rings. The molecule has 0 fully saturated rings. The number of aryl methyl sites for hydroxylation is 1. The molecule has 3 amide bonds. The third-order valence-electron chi connectivity index (χ3n) is 6.62. The maximum atomic E-state index is 14.0. The second-order valence-corrected chi connectivity index (χ2v) is 9.25. The predicted octanol–water partition coefficient (Wildman–Crippen LogP) is 5.22. The molecule has 0 radical (unpaired) electrons. The number of ketones is 1. The van der Waals surface area contributed by atoms with Crippen molar-refractivity contribution in [2.75, 3.05) is 23.9 Å². The van der Waals surface area contributed by atoms with Gasteiger partial charge in [-0.3, -0.25) is 9.59 Å². The van der Waals surface area contributed by atoms with Crippen molar-refractivity contribution in [3.05, 3.63) is 125 Å². The second-order valence-electron chi connectivity index (χ2n) is 9.25. The van der Waals surface area contributed by atoms with Crippen molar-refractivity contribution in [3.63, 3.8) is 0 Å². The van der Waals surface area contributed by atoms with Crippen LogP contribution < -0.4 is 20.3 Å². The van der Waals surface area contributed by atoms with Gasteiger partial charge in [0.15, 0.2) is 5.78 Å². The fraction of sp³-hybridized carbons (Fsp3) is 0.125. The van der Waals surface area contributed by atoms with E-state index in [1.54, 1.807) is 49.6 Å². The first-order valence-electron chi connectivity index (χ1n) is 12.8. The molecule has 0 spiro atoms. The number of amides is 3. The lowest BCUT2D eigenvalue weighted by Gasteiger charge is -2.25. The highest BCUT2D eigenvalue weighted by atomic mass is 16.5. The number of fused-ring (bicyclic) bond motifs is 1. The molecule has 1 heterocycles. The Morgan fingerprint density at radius 1 is 0.875 bits per heavy atom. The number of urea groups is 1. The number of carbonyl (C=O) groups excluding carboxylic acids is 3. The molecule has 8 heteroatoms. The minimum atomic E-state index is -1.29. The molecule has 4 aromatic rings. The number of nitrogens with one attached hydrogen (secondary N) is 2. The Balaban J connectivity index is 1.52. The molecule has 0 aliphatic carbocycles. The van der Waals surface area contributed by atoms with Crippen LogP contribution in [0.25, 0.3) is 0 Å². The number of hydrogen-bond acceptors (Lipinski definition) is 5. The predicted molar refractivity (Wildman–Crippen MR) is 155 cm³/mol. The molecule has 0 saturated carbocycles. The number of Topliss-reactive ketones (excluding diaryl/α,β-unsaturated/α-hetero) is 1. The Morgan fingerprint density at radius 2 is 1.55 bits per heavy atom. The topological polar surface area (TPSA) is 100 Å². The summed E-state index contributed by atoms with van der Waals surface area (Å²) in [6, 6.07) is 30.2. The van der Waals surface area contributed by atoms with Gasteiger partial charge in [-0.25, -0.2) is 9.79 Å². The van der Waals surface area contributed by atoms with Crippen molar-refractivity contribution in [1.82, 2.24) is 5.32 Å². The van der Waals surface area contributed by atoms with E-state index in [1.807, 2.05) is 67.6 Å². The summed E-state index contributed by atoms with van der Waals surface area (Å²) >= 11 is 0. The highest BCUT2D eigenvalue weighted by molar-refractivity contribution is 6.21. The van der Waals surface area contributed by atoms with Gasteiger partial charge in [-0.1, -0.05) is 72.8 Å². The number of benzodiazepines with no additional fused rings is 1. The third-order valence-corrected chi connectivity index (χ3v) is 6.62. The number of rotatable bonds is 7. The van der Waals surface area contributed by atoms with Gasteiger partial charge < -0.3 is 20.3 Å². The molecule has 4 aromatic carbocycles. The molecule has 0 bridgehead atoms. The smallest absolute Gasteiger partial charge is 0.321 e. The molecule has 5 rings (SSSR count). The number of hydrogen-bond donors (Lipinski definition) is 2. The first-order valence-corrected chi connectivity index (χ1v) is 12.8. The van der Waals surface area contributed by atoms with Crippen LogP contribution in [0.4, 0.5) is 16.2 Å². The van der Waals surface area contributed by atoms with Gasteiger partial charge >= 0.3 is 6.03 Å². The number of carbonyl (C=O) groups is 3. The average molecular weight is 533 g/mol. The van der Waals surface area contributed by atoms with Gasteiger partial charge in [-0.15, -0.1) is 0 Å². The van der Waals surface area contributed by atoms with E-state index < -0.39 is 18.1 Å². The van der Waals surface area contributed by atoms with Crippen LogP contribution >= 0.6 is 0 Å². The number of aliphatic imine (C=N–C) groups is 1. The first-order chi connectivity index (χ1) is 19.4. The van der Waals surface area contributed by atoms with Gasteiger partial charge in [-0.05, 0) is 42.8 Å². The van der Waals surface area contributed by atoms with Gasteiger partial charge in [-0.2, -0.15) is 0 Å². The Labute approximate surface area is 232 Å². The van der Waals surface area contributed by atoms with Crippen LogP contribution in [0.1, 0.15) is 27.0 Å². The number of nitrogens with zero attached hydrogens (tertiary/aromatic N) is 2. The molecule has 40 heavy (non-hydrogen) atoms. The van der Waals surface area contributed by atoms with Crippen molar-refractivity contribution < 1.29 is 19.1 Å². The standard InChI is InChI=1S/C32H28N4O4/c1-21-10-6-7-13-25(21)28(37)20-36-27-15-9-8-14-26(27)29(22-11-4-3-5-12-22)34-30(31(36)38)35-32(39)33-23-16-18-24(40-2)19-17-23/h3-19,30H,20H2,1-2H3,(H2,33,35,39)/t30-/m1/s1. The monoisotopic (exact) mass is 532 g/mol. The van der Waals surface area contributed by atoms with Gasteiger partial charge in [0, 0.05) is 22.4 Å². The Bertz CT molecular complexity index is 1580. The van der Waals surface area contributed by atoms with E-state index in [-0.39, 0.29) is 12.3 Å². The lowest BCUT2D eigenvalue weighted by atomic mass is 9.99. The largest absolute Gasteiger partial charge is 0.497 e. The Kier molecular flexibility index (Phi) is 7.68. The molecule has 1 atom stereocenters. The van der Waals surface area contributed by atoms with Crippen LogP contribution in [0.15, 0.2) is 108 Å². The maximum absolute atomic E-state index is 14.0. The zero-order valence-corrected chi connectivity index (χ0v) is 22.1. The number of benzene rings is 4. The summed E-state index contributed by atoms with van der Waals surface area (Å²) in [5, 5.41) is 5.44. The molecule has 0 aromatic heterocycles. The zero-order chi connectivity index (χ0) is 28.1. The van der Waals surface area contributed by atoms with Gasteiger partial charge in [0.2, 0.25) is 6.17 Å². The van der Waals surface area contributed by atoms with Gasteiger partial charge in [0.1, 0.15) is 5.75 Å².